The Morgan fingerprint density at radius 1 is 0.298 bits per heavy atom. The highest BCUT2D eigenvalue weighted by atomic mass is 32.1. The first-order valence-corrected chi connectivity index (χ1v) is 20.0. The number of nitrogens with zero attached hydrogens (tertiary/aromatic N) is 3. The second-order valence-electron chi connectivity index (χ2n) is 14.3. The number of hydrogen-bond donors (Lipinski definition) is 0. The molecule has 0 bridgehead atoms. The molecule has 2 heterocycles. The van der Waals surface area contributed by atoms with Gasteiger partial charge in [0, 0.05) is 26.3 Å². The lowest BCUT2D eigenvalue weighted by atomic mass is 9.88. The summed E-state index contributed by atoms with van der Waals surface area (Å²) in [7, 11) is 0. The summed E-state index contributed by atoms with van der Waals surface area (Å²) < 4.78 is 1.27. The number of aromatic nitrogens is 3. The first-order valence-electron chi connectivity index (χ1n) is 19.2. The largest absolute Gasteiger partial charge is 0.208 e. The van der Waals surface area contributed by atoms with Crippen LogP contribution in [0.5, 0.6) is 0 Å². The fourth-order valence-corrected chi connectivity index (χ4v) is 9.29. The minimum absolute atomic E-state index is 0.627. The molecule has 4 heteroatoms. The maximum atomic E-state index is 5.37. The van der Waals surface area contributed by atoms with Crippen LogP contribution in [0.15, 0.2) is 200 Å². The molecule has 0 amide bonds. The van der Waals surface area contributed by atoms with Crippen molar-refractivity contribution in [3.05, 3.63) is 200 Å². The highest BCUT2D eigenvalue weighted by Crippen LogP contribution is 2.43. The predicted molar refractivity (Wildman–Crippen MR) is 240 cm³/mol. The van der Waals surface area contributed by atoms with Crippen molar-refractivity contribution in [3.63, 3.8) is 0 Å². The fourth-order valence-electron chi connectivity index (χ4n) is 8.24. The zero-order valence-electron chi connectivity index (χ0n) is 30.8. The molecule has 0 radical (unpaired) electrons. The molecule has 0 atom stereocenters. The van der Waals surface area contributed by atoms with E-state index >= 15 is 0 Å². The molecule has 11 rings (SSSR count). The topological polar surface area (TPSA) is 38.7 Å². The number of thiophene rings is 1. The summed E-state index contributed by atoms with van der Waals surface area (Å²) in [6, 6.07) is 71.1. The van der Waals surface area contributed by atoms with Crippen LogP contribution < -0.4 is 0 Å². The lowest BCUT2D eigenvalue weighted by Crippen LogP contribution is -2.02. The van der Waals surface area contributed by atoms with E-state index in [-0.39, 0.29) is 0 Å². The van der Waals surface area contributed by atoms with Crippen LogP contribution in [0.25, 0.3) is 109 Å². The van der Waals surface area contributed by atoms with E-state index in [4.69, 9.17) is 15.0 Å². The van der Waals surface area contributed by atoms with Gasteiger partial charge >= 0.3 is 0 Å². The van der Waals surface area contributed by atoms with Crippen LogP contribution in [0.2, 0.25) is 0 Å². The Hall–Kier alpha value is -7.27. The van der Waals surface area contributed by atoms with Gasteiger partial charge in [-0.3, -0.25) is 0 Å². The van der Waals surface area contributed by atoms with Gasteiger partial charge in [-0.15, -0.1) is 11.3 Å². The SMILES string of the molecule is c1ccc(-c2ccccc2-c2nc(-c3cccc(-c4cc5ccccc5s4)c3)nc(-c3ccccc3-c3c4ccccc4cc4c3ccc3ccccc34)n2)cc1. The van der Waals surface area contributed by atoms with Gasteiger partial charge < -0.3 is 0 Å². The maximum Gasteiger partial charge on any atom is 0.164 e. The van der Waals surface area contributed by atoms with Crippen molar-refractivity contribution in [3.8, 4) is 66.9 Å². The molecule has 11 aromatic rings. The van der Waals surface area contributed by atoms with Gasteiger partial charge in [-0.2, -0.15) is 0 Å². The van der Waals surface area contributed by atoms with Crippen molar-refractivity contribution < 1.29 is 0 Å². The summed E-state index contributed by atoms with van der Waals surface area (Å²) in [5, 5.41) is 8.51. The van der Waals surface area contributed by atoms with Gasteiger partial charge in [0.2, 0.25) is 0 Å². The van der Waals surface area contributed by atoms with Crippen LogP contribution in [-0.2, 0) is 0 Å². The summed E-state index contributed by atoms with van der Waals surface area (Å²) in [5.74, 6) is 1.89. The van der Waals surface area contributed by atoms with E-state index in [0.29, 0.717) is 17.5 Å². The lowest BCUT2D eigenvalue weighted by molar-refractivity contribution is 1.07. The second-order valence-corrected chi connectivity index (χ2v) is 15.4. The van der Waals surface area contributed by atoms with Crippen molar-refractivity contribution >= 4 is 53.7 Å². The average molecular weight is 744 g/mol. The first-order chi connectivity index (χ1) is 28.2. The Labute approximate surface area is 334 Å². The van der Waals surface area contributed by atoms with Crippen molar-refractivity contribution in [1.82, 2.24) is 15.0 Å². The number of rotatable bonds is 6. The van der Waals surface area contributed by atoms with Gasteiger partial charge in [0.25, 0.3) is 0 Å². The molecular formula is C53H33N3S. The Kier molecular flexibility index (Phi) is 8.01. The van der Waals surface area contributed by atoms with Crippen molar-refractivity contribution in [2.24, 2.45) is 0 Å². The summed E-state index contributed by atoms with van der Waals surface area (Å²) >= 11 is 1.80. The molecule has 3 nitrogen and oxygen atoms in total. The summed E-state index contributed by atoms with van der Waals surface area (Å²) in [6.07, 6.45) is 0. The summed E-state index contributed by atoms with van der Waals surface area (Å²) in [4.78, 5) is 17.2. The molecule has 0 aliphatic carbocycles. The van der Waals surface area contributed by atoms with Gasteiger partial charge in [-0.1, -0.05) is 176 Å². The molecule has 0 saturated carbocycles. The van der Waals surface area contributed by atoms with E-state index in [9.17, 15) is 0 Å². The maximum absolute atomic E-state index is 5.37. The Bertz CT molecular complexity index is 3280. The number of fused-ring (bicyclic) bond motifs is 5. The second kappa shape index (κ2) is 13.8. The third-order valence-electron chi connectivity index (χ3n) is 10.9. The van der Waals surface area contributed by atoms with Crippen LogP contribution in [0, 0.1) is 0 Å². The Balaban J connectivity index is 1.17. The quantitative estimate of drug-likeness (QED) is 0.126. The van der Waals surface area contributed by atoms with Gasteiger partial charge in [0.15, 0.2) is 17.5 Å². The lowest BCUT2D eigenvalue weighted by Gasteiger charge is -2.17. The third kappa shape index (κ3) is 5.86. The van der Waals surface area contributed by atoms with E-state index in [0.717, 1.165) is 38.9 Å². The molecule has 0 unspecified atom stereocenters. The third-order valence-corrected chi connectivity index (χ3v) is 12.1. The summed E-state index contributed by atoms with van der Waals surface area (Å²) in [6.45, 7) is 0. The standard InChI is InChI=1S/C53H33N3S/c1-2-15-34(16-3-1)40-22-9-11-26-45(40)52-54-51(39-21-14-20-37(31-39)49-33-38-19-6-13-28-48(38)57-49)55-53(56-52)46-27-12-10-25-43(46)50-42-24-8-5-18-36(42)32-47-41-23-7-4-17-35(41)29-30-44(47)50/h1-33H. The Morgan fingerprint density at radius 2 is 0.877 bits per heavy atom. The van der Waals surface area contributed by atoms with Crippen molar-refractivity contribution in [2.75, 3.05) is 0 Å². The van der Waals surface area contributed by atoms with E-state index < -0.39 is 0 Å². The zero-order chi connectivity index (χ0) is 37.7. The van der Waals surface area contributed by atoms with Crippen molar-refractivity contribution in [1.29, 1.82) is 0 Å². The first kappa shape index (κ1) is 33.1. The molecule has 57 heavy (non-hydrogen) atoms. The molecule has 0 saturated heterocycles. The molecule has 0 spiro atoms. The number of benzene rings is 9. The number of hydrogen-bond acceptors (Lipinski definition) is 4. The van der Waals surface area contributed by atoms with E-state index in [2.05, 4.69) is 194 Å². The van der Waals surface area contributed by atoms with E-state index in [1.807, 2.05) is 6.07 Å². The minimum Gasteiger partial charge on any atom is -0.208 e. The smallest absolute Gasteiger partial charge is 0.164 e. The van der Waals surface area contributed by atoms with E-state index in [1.54, 1.807) is 11.3 Å². The van der Waals surface area contributed by atoms with Gasteiger partial charge in [-0.05, 0) is 89.8 Å². The van der Waals surface area contributed by atoms with Crippen LogP contribution in [0.4, 0.5) is 0 Å². The molecule has 266 valence electrons. The fraction of sp³-hybridized carbons (Fsp3) is 0. The predicted octanol–water partition coefficient (Wildman–Crippen LogP) is 14.5. The van der Waals surface area contributed by atoms with E-state index in [1.165, 1.54) is 52.8 Å². The summed E-state index contributed by atoms with van der Waals surface area (Å²) in [5.41, 5.74) is 8.40. The highest BCUT2D eigenvalue weighted by Gasteiger charge is 2.21. The Morgan fingerprint density at radius 3 is 1.67 bits per heavy atom. The molecule has 9 aromatic carbocycles. The highest BCUT2D eigenvalue weighted by molar-refractivity contribution is 7.22. The van der Waals surface area contributed by atoms with Gasteiger partial charge in [-0.25, -0.2) is 15.0 Å². The van der Waals surface area contributed by atoms with Crippen LogP contribution >= 0.6 is 11.3 Å². The van der Waals surface area contributed by atoms with Crippen molar-refractivity contribution in [2.45, 2.75) is 0 Å². The van der Waals surface area contributed by atoms with Gasteiger partial charge in [0.1, 0.15) is 0 Å². The monoisotopic (exact) mass is 743 g/mol. The zero-order valence-corrected chi connectivity index (χ0v) is 31.6. The van der Waals surface area contributed by atoms with Crippen LogP contribution in [0.3, 0.4) is 0 Å². The minimum atomic E-state index is 0.627. The average Bonchev–Trinajstić information content (AvgIpc) is 3.73. The molecule has 0 aliphatic heterocycles. The molecule has 0 fully saturated rings. The van der Waals surface area contributed by atoms with Crippen LogP contribution in [0.1, 0.15) is 0 Å². The molecule has 2 aromatic heterocycles. The molecule has 0 aliphatic rings. The molecular weight excluding hydrogens is 711 g/mol. The normalized spacial score (nSPS) is 11.5. The van der Waals surface area contributed by atoms with Crippen LogP contribution in [-0.4, -0.2) is 15.0 Å². The van der Waals surface area contributed by atoms with Gasteiger partial charge in [0.05, 0.1) is 0 Å². The molecule has 0 N–H and O–H groups in total.